The van der Waals surface area contributed by atoms with Crippen LogP contribution in [0.5, 0.6) is 0 Å². The van der Waals surface area contributed by atoms with Crippen LogP contribution in [0.4, 0.5) is 0 Å². The Kier molecular flexibility index (Phi) is 4.57. The number of rotatable bonds is 7. The zero-order valence-corrected chi connectivity index (χ0v) is 14.3. The van der Waals surface area contributed by atoms with Crippen LogP contribution in [-0.2, 0) is 21.2 Å². The van der Waals surface area contributed by atoms with Crippen molar-refractivity contribution in [2.75, 3.05) is 19.1 Å². The van der Waals surface area contributed by atoms with Gasteiger partial charge in [-0.1, -0.05) is 0 Å². The molecule has 23 heavy (non-hydrogen) atoms. The number of sulfone groups is 1. The van der Waals surface area contributed by atoms with Gasteiger partial charge in [-0.25, -0.2) is 13.2 Å². The molecular formula is C15H21NO6S. The van der Waals surface area contributed by atoms with Crippen LogP contribution in [0.15, 0.2) is 10.5 Å². The molecule has 128 valence electrons. The highest BCUT2D eigenvalue weighted by Gasteiger charge is 2.47. The number of hydrogen-bond acceptors (Lipinski definition) is 5. The minimum absolute atomic E-state index is 0.0304. The topological polar surface area (TPSA) is 105 Å². The lowest BCUT2D eigenvalue weighted by Crippen LogP contribution is -2.30. The quantitative estimate of drug-likeness (QED) is 0.803. The van der Waals surface area contributed by atoms with Crippen LogP contribution in [0.25, 0.3) is 0 Å². The second-order valence-corrected chi connectivity index (χ2v) is 8.62. The fraction of sp³-hybridized carbons (Fsp3) is 0.600. The maximum atomic E-state index is 12.3. The molecule has 0 saturated heterocycles. The van der Waals surface area contributed by atoms with Gasteiger partial charge in [0.2, 0.25) is 5.91 Å². The first-order chi connectivity index (χ1) is 10.5. The van der Waals surface area contributed by atoms with E-state index in [1.807, 2.05) is 0 Å². The fourth-order valence-corrected chi connectivity index (χ4v) is 4.22. The molecule has 0 aromatic carbocycles. The summed E-state index contributed by atoms with van der Waals surface area (Å²) in [6.07, 6.45) is 2.84. The Labute approximate surface area is 135 Å². The molecule has 1 amide bonds. The minimum Gasteiger partial charge on any atom is -0.478 e. The van der Waals surface area contributed by atoms with Gasteiger partial charge in [0.15, 0.2) is 0 Å². The average Bonchev–Trinajstić information content (AvgIpc) is 3.00. The molecule has 1 fully saturated rings. The van der Waals surface area contributed by atoms with Crippen molar-refractivity contribution >= 4 is 21.7 Å². The van der Waals surface area contributed by atoms with Gasteiger partial charge in [-0.3, -0.25) is 4.79 Å². The number of carboxylic acid groups (broad SMARTS) is 1. The Bertz CT molecular complexity index is 729. The number of aryl methyl sites for hydroxylation is 1. The third-order valence-corrected chi connectivity index (χ3v) is 5.21. The van der Waals surface area contributed by atoms with Crippen molar-refractivity contribution in [3.63, 3.8) is 0 Å². The molecule has 7 nitrogen and oxygen atoms in total. The van der Waals surface area contributed by atoms with E-state index in [0.717, 1.165) is 12.8 Å². The lowest BCUT2D eigenvalue weighted by atomic mass is 10.0. The van der Waals surface area contributed by atoms with E-state index in [0.29, 0.717) is 11.5 Å². The highest BCUT2D eigenvalue weighted by atomic mass is 32.2. The molecular weight excluding hydrogens is 322 g/mol. The van der Waals surface area contributed by atoms with E-state index in [9.17, 15) is 18.0 Å². The molecule has 1 aromatic rings. The molecule has 1 heterocycles. The largest absolute Gasteiger partial charge is 0.478 e. The number of amides is 1. The van der Waals surface area contributed by atoms with Gasteiger partial charge in [0.1, 0.15) is 26.9 Å². The van der Waals surface area contributed by atoms with Crippen molar-refractivity contribution in [3.8, 4) is 0 Å². The Morgan fingerprint density at radius 3 is 2.43 bits per heavy atom. The molecule has 0 unspecified atom stereocenters. The van der Waals surface area contributed by atoms with E-state index in [4.69, 9.17) is 9.52 Å². The summed E-state index contributed by atoms with van der Waals surface area (Å²) < 4.78 is 28.2. The lowest BCUT2D eigenvalue weighted by molar-refractivity contribution is -0.131. The Hall–Kier alpha value is -1.83. The molecule has 1 aliphatic rings. The highest BCUT2D eigenvalue weighted by molar-refractivity contribution is 7.90. The van der Waals surface area contributed by atoms with Crippen LogP contribution < -0.4 is 0 Å². The first-order valence-corrected chi connectivity index (χ1v) is 9.32. The van der Waals surface area contributed by atoms with Gasteiger partial charge >= 0.3 is 5.97 Å². The smallest absolute Gasteiger partial charge is 0.339 e. The number of carbonyl (C=O) groups is 2. The number of nitrogens with zero attached hydrogens (tertiary/aromatic N) is 1. The third kappa shape index (κ3) is 4.57. The van der Waals surface area contributed by atoms with Gasteiger partial charge in [-0.05, 0) is 31.2 Å². The maximum Gasteiger partial charge on any atom is 0.339 e. The summed E-state index contributed by atoms with van der Waals surface area (Å²) in [5.41, 5.74) is -0.346. The van der Waals surface area contributed by atoms with E-state index in [2.05, 4.69) is 0 Å². The normalized spacial score (nSPS) is 16.1. The molecule has 0 radical (unpaired) electrons. The van der Waals surface area contributed by atoms with Crippen LogP contribution in [0.1, 0.15) is 41.1 Å². The van der Waals surface area contributed by atoms with E-state index in [1.54, 1.807) is 14.0 Å². The van der Waals surface area contributed by atoms with Gasteiger partial charge in [0, 0.05) is 19.7 Å². The Morgan fingerprint density at radius 2 is 2.00 bits per heavy atom. The number of carbonyl (C=O) groups excluding carboxylic acids is 1. The average molecular weight is 343 g/mol. The summed E-state index contributed by atoms with van der Waals surface area (Å²) in [5, 5.41) is 8.99. The zero-order valence-electron chi connectivity index (χ0n) is 13.5. The summed E-state index contributed by atoms with van der Waals surface area (Å²) >= 11 is 0. The first-order valence-electron chi connectivity index (χ1n) is 7.26. The van der Waals surface area contributed by atoms with Gasteiger partial charge in [-0.15, -0.1) is 0 Å². The second-order valence-electron chi connectivity index (χ2n) is 6.48. The number of aromatic carboxylic acids is 1. The van der Waals surface area contributed by atoms with E-state index in [-0.39, 0.29) is 30.2 Å². The molecule has 2 rings (SSSR count). The zero-order chi connectivity index (χ0) is 17.4. The standard InChI is InChI=1S/C15H21NO6S/c1-10-12(14(18)19)6-11(22-10)8-16(2)13(17)7-15(4-5-15)9-23(3,20)21/h6H,4-5,7-9H2,1-3H3,(H,18,19). The highest BCUT2D eigenvalue weighted by Crippen LogP contribution is 2.50. The van der Waals surface area contributed by atoms with Crippen molar-refractivity contribution in [2.24, 2.45) is 5.41 Å². The van der Waals surface area contributed by atoms with Crippen molar-refractivity contribution in [2.45, 2.75) is 32.7 Å². The monoisotopic (exact) mass is 343 g/mol. The SMILES string of the molecule is Cc1oc(CN(C)C(=O)CC2(CS(C)(=O)=O)CC2)cc1C(=O)O. The van der Waals surface area contributed by atoms with Crippen LogP contribution in [0, 0.1) is 12.3 Å². The number of furan rings is 1. The second kappa shape index (κ2) is 5.99. The van der Waals surface area contributed by atoms with E-state index in [1.165, 1.54) is 17.2 Å². The van der Waals surface area contributed by atoms with Gasteiger partial charge < -0.3 is 14.4 Å². The predicted molar refractivity (Wildman–Crippen MR) is 82.9 cm³/mol. The molecule has 0 bridgehead atoms. The summed E-state index contributed by atoms with van der Waals surface area (Å²) in [4.78, 5) is 24.7. The molecule has 0 atom stereocenters. The molecule has 1 N–H and O–H groups in total. The van der Waals surface area contributed by atoms with Crippen LogP contribution in [0.3, 0.4) is 0 Å². The molecule has 8 heteroatoms. The predicted octanol–water partition coefficient (Wildman–Crippen LogP) is 1.46. The number of carboxylic acids is 1. The van der Waals surface area contributed by atoms with E-state index < -0.39 is 21.2 Å². The van der Waals surface area contributed by atoms with Crippen molar-refractivity contribution in [3.05, 3.63) is 23.2 Å². The summed E-state index contributed by atoms with van der Waals surface area (Å²) in [6.45, 7) is 1.71. The summed E-state index contributed by atoms with van der Waals surface area (Å²) in [7, 11) is -1.52. The summed E-state index contributed by atoms with van der Waals surface area (Å²) in [6, 6.07) is 1.41. The van der Waals surface area contributed by atoms with E-state index >= 15 is 0 Å². The molecule has 0 spiro atoms. The van der Waals surface area contributed by atoms with Gasteiger partial charge in [0.05, 0.1) is 12.3 Å². The molecule has 1 aliphatic carbocycles. The third-order valence-electron chi connectivity index (χ3n) is 4.07. The van der Waals surface area contributed by atoms with Crippen LogP contribution in [0.2, 0.25) is 0 Å². The van der Waals surface area contributed by atoms with Gasteiger partial charge in [-0.2, -0.15) is 0 Å². The fourth-order valence-electron chi connectivity index (χ4n) is 2.72. The maximum absolute atomic E-state index is 12.3. The van der Waals surface area contributed by atoms with Crippen LogP contribution in [-0.4, -0.2) is 49.4 Å². The molecule has 1 aromatic heterocycles. The van der Waals surface area contributed by atoms with Crippen molar-refractivity contribution in [1.82, 2.24) is 4.90 Å². The number of hydrogen-bond donors (Lipinski definition) is 1. The summed E-state index contributed by atoms with van der Waals surface area (Å²) in [5.74, 6) is -0.524. The van der Waals surface area contributed by atoms with Gasteiger partial charge in [0.25, 0.3) is 0 Å². The minimum atomic E-state index is -3.12. The van der Waals surface area contributed by atoms with Crippen molar-refractivity contribution < 1.29 is 27.5 Å². The lowest BCUT2D eigenvalue weighted by Gasteiger charge is -2.20. The Morgan fingerprint density at radius 1 is 1.39 bits per heavy atom. The molecule has 0 aliphatic heterocycles. The molecule has 1 saturated carbocycles. The van der Waals surface area contributed by atoms with Crippen LogP contribution >= 0.6 is 0 Å². The Balaban J connectivity index is 1.98. The first kappa shape index (κ1) is 17.5. The van der Waals surface area contributed by atoms with Crippen molar-refractivity contribution in [1.29, 1.82) is 0 Å².